The molecule has 16 heavy (non-hydrogen) atoms. The molecule has 1 heterocycles. The molecule has 1 nitrogen and oxygen atoms in total. The number of aryl methyl sites for hydroxylation is 1. The molecule has 0 aromatic heterocycles. The molecule has 0 N–H and O–H groups in total. The zero-order valence-electron chi connectivity index (χ0n) is 10.4. The van der Waals surface area contributed by atoms with Crippen molar-refractivity contribution in [1.82, 2.24) is 0 Å². The first-order chi connectivity index (χ1) is 7.77. The van der Waals surface area contributed by atoms with Gasteiger partial charge in [0, 0.05) is 13.2 Å². The van der Waals surface area contributed by atoms with Gasteiger partial charge in [0.15, 0.2) is 0 Å². The molecule has 1 saturated heterocycles. The minimum atomic E-state index is -0.0671. The number of ether oxygens (including phenoxy) is 1. The maximum atomic E-state index is 13.5. The smallest absolute Gasteiger partial charge is 0.126 e. The molecule has 1 aromatic carbocycles. The summed E-state index contributed by atoms with van der Waals surface area (Å²) in [7, 11) is 0. The van der Waals surface area contributed by atoms with Gasteiger partial charge in [0.2, 0.25) is 0 Å². The van der Waals surface area contributed by atoms with Crippen LogP contribution in [0.1, 0.15) is 43.7 Å². The maximum Gasteiger partial charge on any atom is 0.126 e. The molecular weight excluding hydrogens is 203 g/mol. The van der Waals surface area contributed by atoms with E-state index in [9.17, 15) is 4.39 Å². The predicted octanol–water partition coefficient (Wildman–Crippen LogP) is 4.05. The van der Waals surface area contributed by atoms with Gasteiger partial charge in [0.1, 0.15) is 5.82 Å². The molecule has 1 aromatic rings. The highest BCUT2D eigenvalue weighted by Crippen LogP contribution is 2.29. The van der Waals surface area contributed by atoms with Crippen molar-refractivity contribution in [2.75, 3.05) is 13.2 Å². The molecule has 1 fully saturated rings. The lowest BCUT2D eigenvalue weighted by Gasteiger charge is -2.23. The van der Waals surface area contributed by atoms with Gasteiger partial charge >= 0.3 is 0 Å². The largest absolute Gasteiger partial charge is 0.381 e. The van der Waals surface area contributed by atoms with Crippen molar-refractivity contribution in [3.63, 3.8) is 0 Å². The van der Waals surface area contributed by atoms with E-state index in [0.717, 1.165) is 37.2 Å². The molecule has 0 spiro atoms. The fourth-order valence-corrected chi connectivity index (χ4v) is 1.98. The summed E-state index contributed by atoms with van der Waals surface area (Å²) in [6.45, 7) is 7.53. The topological polar surface area (TPSA) is 9.23 Å². The van der Waals surface area contributed by atoms with Gasteiger partial charge in [-0.1, -0.05) is 31.5 Å². The van der Waals surface area contributed by atoms with Crippen LogP contribution in [0.5, 0.6) is 0 Å². The van der Waals surface area contributed by atoms with Crippen LogP contribution in [0.25, 0.3) is 0 Å². The molecule has 90 valence electrons. The maximum absolute atomic E-state index is 13.5. The summed E-state index contributed by atoms with van der Waals surface area (Å²) in [4.78, 5) is 0. The molecule has 2 rings (SSSR count). The highest BCUT2D eigenvalue weighted by molar-refractivity contribution is 5.27. The minimum absolute atomic E-state index is 0.0671. The van der Waals surface area contributed by atoms with Crippen LogP contribution < -0.4 is 0 Å². The molecule has 0 radical (unpaired) electrons. The van der Waals surface area contributed by atoms with Crippen LogP contribution in [-0.4, -0.2) is 13.2 Å². The van der Waals surface area contributed by atoms with E-state index in [1.54, 1.807) is 6.07 Å². The van der Waals surface area contributed by atoms with E-state index in [-0.39, 0.29) is 5.82 Å². The quantitative estimate of drug-likeness (QED) is 0.699. The highest BCUT2D eigenvalue weighted by Gasteiger charge is 2.18. The summed E-state index contributed by atoms with van der Waals surface area (Å²) in [6, 6.07) is 5.35. The molecule has 1 aliphatic heterocycles. The van der Waals surface area contributed by atoms with Crippen LogP contribution in [0, 0.1) is 12.7 Å². The molecular formula is C14H21FO. The molecule has 1 aliphatic rings. The van der Waals surface area contributed by atoms with E-state index < -0.39 is 0 Å². The number of benzene rings is 1. The SMILES string of the molecule is CC.Cc1ccc(F)c(C2CCOCC2)c1. The molecule has 0 bridgehead atoms. The summed E-state index contributed by atoms with van der Waals surface area (Å²) in [5.74, 6) is 0.283. The third-order valence-corrected chi connectivity index (χ3v) is 2.81. The van der Waals surface area contributed by atoms with E-state index in [4.69, 9.17) is 4.74 Å². The minimum Gasteiger partial charge on any atom is -0.381 e. The monoisotopic (exact) mass is 224 g/mol. The van der Waals surface area contributed by atoms with Crippen molar-refractivity contribution in [3.05, 3.63) is 35.1 Å². The van der Waals surface area contributed by atoms with Crippen LogP contribution in [0.4, 0.5) is 4.39 Å². The Labute approximate surface area is 97.6 Å². The Morgan fingerprint density at radius 3 is 2.44 bits per heavy atom. The first kappa shape index (κ1) is 13.2. The fraction of sp³-hybridized carbons (Fsp3) is 0.571. The average molecular weight is 224 g/mol. The van der Waals surface area contributed by atoms with E-state index in [1.165, 1.54) is 0 Å². The zero-order chi connectivity index (χ0) is 12.0. The van der Waals surface area contributed by atoms with E-state index in [2.05, 4.69) is 0 Å². The van der Waals surface area contributed by atoms with Crippen LogP contribution in [-0.2, 0) is 4.74 Å². The second-order valence-corrected chi connectivity index (χ2v) is 3.91. The predicted molar refractivity (Wildman–Crippen MR) is 65.3 cm³/mol. The number of rotatable bonds is 1. The van der Waals surface area contributed by atoms with Crippen LogP contribution >= 0.6 is 0 Å². The molecule has 0 atom stereocenters. The third kappa shape index (κ3) is 3.31. The Morgan fingerprint density at radius 1 is 1.19 bits per heavy atom. The molecule has 0 unspecified atom stereocenters. The summed E-state index contributed by atoms with van der Waals surface area (Å²) < 4.78 is 18.8. The van der Waals surface area contributed by atoms with Gasteiger partial charge < -0.3 is 4.74 Å². The summed E-state index contributed by atoms with van der Waals surface area (Å²) in [5, 5.41) is 0. The lowest BCUT2D eigenvalue weighted by molar-refractivity contribution is 0.0846. The van der Waals surface area contributed by atoms with Gasteiger partial charge in [-0.25, -0.2) is 4.39 Å². The van der Waals surface area contributed by atoms with Crippen molar-refractivity contribution in [2.45, 2.75) is 39.5 Å². The van der Waals surface area contributed by atoms with Crippen LogP contribution in [0.3, 0.4) is 0 Å². The van der Waals surface area contributed by atoms with Gasteiger partial charge in [-0.05, 0) is 37.3 Å². The van der Waals surface area contributed by atoms with Crippen molar-refractivity contribution in [1.29, 1.82) is 0 Å². The van der Waals surface area contributed by atoms with Gasteiger partial charge in [-0.2, -0.15) is 0 Å². The number of hydrogen-bond donors (Lipinski definition) is 0. The van der Waals surface area contributed by atoms with E-state index >= 15 is 0 Å². The van der Waals surface area contributed by atoms with E-state index in [0.29, 0.717) is 5.92 Å². The molecule has 0 amide bonds. The number of halogens is 1. The van der Waals surface area contributed by atoms with Crippen LogP contribution in [0.15, 0.2) is 18.2 Å². The first-order valence-electron chi connectivity index (χ1n) is 6.11. The Hall–Kier alpha value is -0.890. The summed E-state index contributed by atoms with van der Waals surface area (Å²) in [6.07, 6.45) is 1.89. The van der Waals surface area contributed by atoms with Crippen molar-refractivity contribution >= 4 is 0 Å². The van der Waals surface area contributed by atoms with E-state index in [1.807, 2.05) is 32.9 Å². The normalized spacial score (nSPS) is 16.5. The molecule has 0 aliphatic carbocycles. The lowest BCUT2D eigenvalue weighted by Crippen LogP contribution is -2.15. The van der Waals surface area contributed by atoms with Gasteiger partial charge in [0.25, 0.3) is 0 Å². The lowest BCUT2D eigenvalue weighted by atomic mass is 9.90. The average Bonchev–Trinajstić information content (AvgIpc) is 2.36. The van der Waals surface area contributed by atoms with Crippen LogP contribution in [0.2, 0.25) is 0 Å². The standard InChI is InChI=1S/C12H15FO.C2H6/c1-9-2-3-12(13)11(8-9)10-4-6-14-7-5-10;1-2/h2-3,8,10H,4-7H2,1H3;1-2H3. The van der Waals surface area contributed by atoms with Crippen molar-refractivity contribution in [2.24, 2.45) is 0 Å². The Balaban J connectivity index is 0.000000606. The molecule has 0 saturated carbocycles. The Morgan fingerprint density at radius 2 is 1.81 bits per heavy atom. The van der Waals surface area contributed by atoms with Crippen molar-refractivity contribution < 1.29 is 9.13 Å². The highest BCUT2D eigenvalue weighted by atomic mass is 19.1. The Bertz CT molecular complexity index is 317. The van der Waals surface area contributed by atoms with Gasteiger partial charge in [-0.15, -0.1) is 0 Å². The van der Waals surface area contributed by atoms with Crippen molar-refractivity contribution in [3.8, 4) is 0 Å². The zero-order valence-corrected chi connectivity index (χ0v) is 10.4. The first-order valence-corrected chi connectivity index (χ1v) is 6.11. The fourth-order valence-electron chi connectivity index (χ4n) is 1.98. The summed E-state index contributed by atoms with van der Waals surface area (Å²) >= 11 is 0. The Kier molecular flexibility index (Phi) is 5.47. The second kappa shape index (κ2) is 6.64. The summed E-state index contributed by atoms with van der Waals surface area (Å²) in [5.41, 5.74) is 2.00. The third-order valence-electron chi connectivity index (χ3n) is 2.81. The second-order valence-electron chi connectivity index (χ2n) is 3.91. The molecule has 2 heteroatoms. The van der Waals surface area contributed by atoms with Gasteiger partial charge in [-0.3, -0.25) is 0 Å². The number of hydrogen-bond acceptors (Lipinski definition) is 1. The van der Waals surface area contributed by atoms with Gasteiger partial charge in [0.05, 0.1) is 0 Å².